The summed E-state index contributed by atoms with van der Waals surface area (Å²) in [6.45, 7) is 0. The molecule has 1 aromatic carbocycles. The zero-order valence-electron chi connectivity index (χ0n) is 7.58. The molecule has 0 saturated carbocycles. The second-order valence-corrected chi connectivity index (χ2v) is 4.56. The summed E-state index contributed by atoms with van der Waals surface area (Å²) in [5.41, 5.74) is 0.335. The number of benzene rings is 1. The predicted molar refractivity (Wildman–Crippen MR) is 53.9 cm³/mol. The fraction of sp³-hybridized carbons (Fsp3) is 0. The van der Waals surface area contributed by atoms with Crippen LogP contribution in [-0.2, 0) is 10.0 Å². The van der Waals surface area contributed by atoms with Crippen LogP contribution in [0.5, 0.6) is 0 Å². The van der Waals surface area contributed by atoms with Crippen LogP contribution in [0, 0.1) is 0 Å². The molecule has 78 valence electrons. The molecule has 0 amide bonds. The summed E-state index contributed by atoms with van der Waals surface area (Å²) in [7, 11) is -3.88. The molecule has 0 unspecified atom stereocenters. The van der Waals surface area contributed by atoms with Gasteiger partial charge in [-0.25, -0.2) is 8.42 Å². The first-order chi connectivity index (χ1) is 7.15. The lowest BCUT2D eigenvalue weighted by Crippen LogP contribution is -2.19. The smallest absolute Gasteiger partial charge is 0.264 e. The van der Waals surface area contributed by atoms with E-state index in [-0.39, 0.29) is 4.90 Å². The van der Waals surface area contributed by atoms with Crippen LogP contribution in [0.25, 0.3) is 10.9 Å². The van der Waals surface area contributed by atoms with Crippen LogP contribution in [-0.4, -0.2) is 18.6 Å². The topological polar surface area (TPSA) is 79.3 Å². The Morgan fingerprint density at radius 2 is 1.93 bits per heavy atom. The van der Waals surface area contributed by atoms with E-state index in [2.05, 4.69) is 4.98 Å². The molecule has 1 aromatic heterocycles. The average molecular weight is 224 g/mol. The largest absolute Gasteiger partial charge is 0.302 e. The normalized spacial score (nSPS) is 11.8. The Bertz CT molecular complexity index is 590. The molecular weight excluding hydrogens is 216 g/mol. The van der Waals surface area contributed by atoms with Gasteiger partial charge < -0.3 is 5.21 Å². The zero-order chi connectivity index (χ0) is 10.9. The molecular formula is C9H8N2O3S. The molecule has 2 N–H and O–H groups in total. The lowest BCUT2D eigenvalue weighted by Gasteiger charge is -2.04. The van der Waals surface area contributed by atoms with Crippen LogP contribution >= 0.6 is 0 Å². The number of hydrogen-bond donors (Lipinski definition) is 2. The summed E-state index contributed by atoms with van der Waals surface area (Å²) in [6.07, 6.45) is 1.50. The second-order valence-electron chi connectivity index (χ2n) is 2.93. The van der Waals surface area contributed by atoms with E-state index < -0.39 is 10.0 Å². The maximum atomic E-state index is 11.4. The lowest BCUT2D eigenvalue weighted by molar-refractivity contribution is 0.242. The highest BCUT2D eigenvalue weighted by molar-refractivity contribution is 7.89. The van der Waals surface area contributed by atoms with E-state index in [0.29, 0.717) is 10.9 Å². The third-order valence-corrected chi connectivity index (χ3v) is 3.15. The number of aromatic nitrogens is 1. The number of para-hydroxylation sites is 1. The van der Waals surface area contributed by atoms with Gasteiger partial charge in [-0.3, -0.25) is 4.98 Å². The lowest BCUT2D eigenvalue weighted by atomic mass is 10.2. The molecule has 0 radical (unpaired) electrons. The molecule has 0 aliphatic carbocycles. The van der Waals surface area contributed by atoms with Crippen LogP contribution in [0.2, 0.25) is 0 Å². The molecule has 0 fully saturated rings. The maximum Gasteiger partial charge on any atom is 0.264 e. The Hall–Kier alpha value is -1.50. The van der Waals surface area contributed by atoms with Crippen LogP contribution in [0.15, 0.2) is 41.4 Å². The molecule has 0 aliphatic heterocycles. The summed E-state index contributed by atoms with van der Waals surface area (Å²) in [5, 5.41) is 9.24. The summed E-state index contributed by atoms with van der Waals surface area (Å²) in [4.78, 5) is 5.21. The molecule has 0 aliphatic rings. The van der Waals surface area contributed by atoms with Crippen molar-refractivity contribution in [3.8, 4) is 0 Å². The molecule has 2 aromatic rings. The fourth-order valence-corrected chi connectivity index (χ4v) is 2.12. The van der Waals surface area contributed by atoms with E-state index >= 15 is 0 Å². The molecule has 0 bridgehead atoms. The third kappa shape index (κ3) is 1.70. The quantitative estimate of drug-likeness (QED) is 0.743. The predicted octanol–water partition coefficient (Wildman–Crippen LogP) is 0.902. The van der Waals surface area contributed by atoms with Gasteiger partial charge in [0.1, 0.15) is 4.90 Å². The summed E-state index contributed by atoms with van der Waals surface area (Å²) < 4.78 is 22.8. The molecule has 0 saturated heterocycles. The van der Waals surface area contributed by atoms with Crippen LogP contribution in [0.1, 0.15) is 0 Å². The first kappa shape index (κ1) is 10.0. The number of hydrogen-bond acceptors (Lipinski definition) is 4. The van der Waals surface area contributed by atoms with Gasteiger partial charge in [-0.1, -0.05) is 23.1 Å². The minimum atomic E-state index is -3.88. The SMILES string of the molecule is O=S(=O)(NO)c1cccc2cccnc12. The summed E-state index contributed by atoms with van der Waals surface area (Å²) in [5.74, 6) is 0. The van der Waals surface area contributed by atoms with Gasteiger partial charge in [-0.15, -0.1) is 0 Å². The van der Waals surface area contributed by atoms with E-state index in [1.54, 1.807) is 24.3 Å². The van der Waals surface area contributed by atoms with Crippen molar-refractivity contribution < 1.29 is 13.6 Å². The van der Waals surface area contributed by atoms with Crippen molar-refractivity contribution in [3.63, 3.8) is 0 Å². The van der Waals surface area contributed by atoms with Crippen LogP contribution in [0.3, 0.4) is 0 Å². The number of sulfonamides is 1. The third-order valence-electron chi connectivity index (χ3n) is 2.01. The highest BCUT2D eigenvalue weighted by Gasteiger charge is 2.16. The van der Waals surface area contributed by atoms with Gasteiger partial charge in [0.05, 0.1) is 5.52 Å². The van der Waals surface area contributed by atoms with Gasteiger partial charge in [0.15, 0.2) is 0 Å². The molecule has 0 spiro atoms. The molecule has 5 nitrogen and oxygen atoms in total. The van der Waals surface area contributed by atoms with E-state index in [4.69, 9.17) is 5.21 Å². The van der Waals surface area contributed by atoms with E-state index in [1.807, 2.05) is 0 Å². The standard InChI is InChI=1S/C9H8N2O3S/c12-11-15(13,14)8-5-1-3-7-4-2-6-10-9(7)8/h1-6,11-12H. The Morgan fingerprint density at radius 3 is 2.67 bits per heavy atom. The van der Waals surface area contributed by atoms with Gasteiger partial charge in [-0.05, 0) is 12.1 Å². The molecule has 1 heterocycles. The van der Waals surface area contributed by atoms with Gasteiger partial charge in [0, 0.05) is 11.6 Å². The van der Waals surface area contributed by atoms with Gasteiger partial charge in [0.25, 0.3) is 10.0 Å². The first-order valence-electron chi connectivity index (χ1n) is 4.15. The fourth-order valence-electron chi connectivity index (χ4n) is 1.34. The van der Waals surface area contributed by atoms with Crippen molar-refractivity contribution >= 4 is 20.9 Å². The minimum absolute atomic E-state index is 0.0388. The zero-order valence-corrected chi connectivity index (χ0v) is 8.40. The number of fused-ring (bicyclic) bond motifs is 1. The van der Waals surface area contributed by atoms with E-state index in [1.165, 1.54) is 17.1 Å². The Morgan fingerprint density at radius 1 is 1.20 bits per heavy atom. The molecule has 15 heavy (non-hydrogen) atoms. The van der Waals surface area contributed by atoms with Gasteiger partial charge in [0.2, 0.25) is 0 Å². The van der Waals surface area contributed by atoms with Crippen molar-refractivity contribution in [1.82, 2.24) is 9.87 Å². The van der Waals surface area contributed by atoms with E-state index in [9.17, 15) is 8.42 Å². The number of rotatable bonds is 2. The highest BCUT2D eigenvalue weighted by atomic mass is 32.2. The van der Waals surface area contributed by atoms with Crippen molar-refractivity contribution in [1.29, 1.82) is 0 Å². The van der Waals surface area contributed by atoms with E-state index in [0.717, 1.165) is 0 Å². The summed E-state index contributed by atoms with van der Waals surface area (Å²) in [6, 6.07) is 8.19. The number of nitrogens with one attached hydrogen (secondary N) is 1. The van der Waals surface area contributed by atoms with Crippen LogP contribution < -0.4 is 4.89 Å². The Kier molecular flexibility index (Phi) is 2.39. The van der Waals surface area contributed by atoms with Gasteiger partial charge in [-0.2, -0.15) is 0 Å². The molecule has 6 heteroatoms. The van der Waals surface area contributed by atoms with Crippen molar-refractivity contribution in [2.45, 2.75) is 4.90 Å². The number of pyridine rings is 1. The van der Waals surface area contributed by atoms with Crippen molar-refractivity contribution in [2.75, 3.05) is 0 Å². The van der Waals surface area contributed by atoms with Crippen molar-refractivity contribution in [3.05, 3.63) is 36.5 Å². The maximum absolute atomic E-state index is 11.4. The second kappa shape index (κ2) is 3.58. The minimum Gasteiger partial charge on any atom is -0.302 e. The monoisotopic (exact) mass is 224 g/mol. The Balaban J connectivity index is 2.83. The Labute approximate surface area is 86.4 Å². The molecule has 2 rings (SSSR count). The van der Waals surface area contributed by atoms with Crippen LogP contribution in [0.4, 0.5) is 0 Å². The average Bonchev–Trinajstić information content (AvgIpc) is 2.28. The van der Waals surface area contributed by atoms with Gasteiger partial charge >= 0.3 is 0 Å². The summed E-state index contributed by atoms with van der Waals surface area (Å²) >= 11 is 0. The number of nitrogens with zero attached hydrogens (tertiary/aromatic N) is 1. The first-order valence-corrected chi connectivity index (χ1v) is 5.63. The highest BCUT2D eigenvalue weighted by Crippen LogP contribution is 2.19. The molecule has 0 atom stereocenters. The van der Waals surface area contributed by atoms with Crippen molar-refractivity contribution in [2.24, 2.45) is 0 Å².